The van der Waals surface area contributed by atoms with Crippen LogP contribution in [-0.4, -0.2) is 22.0 Å². The molecule has 21 heavy (non-hydrogen) atoms. The molecule has 2 aromatic rings. The molecule has 0 aromatic carbocycles. The fraction of sp³-hybridized carbons (Fsp3) is 0.533. The van der Waals surface area contributed by atoms with E-state index in [1.54, 1.807) is 0 Å². The largest absolute Gasteiger partial charge is 0.355 e. The van der Waals surface area contributed by atoms with Crippen LogP contribution in [0.4, 0.5) is 0 Å². The van der Waals surface area contributed by atoms with Crippen LogP contribution in [0.25, 0.3) is 10.2 Å². The predicted octanol–water partition coefficient (Wildman–Crippen LogP) is 2.33. The lowest BCUT2D eigenvalue weighted by Crippen LogP contribution is -2.32. The molecule has 6 heteroatoms. The molecule has 0 aliphatic heterocycles. The fourth-order valence-electron chi connectivity index (χ4n) is 2.11. The molecule has 0 bridgehead atoms. The van der Waals surface area contributed by atoms with E-state index in [1.807, 2.05) is 13.0 Å². The molecule has 0 saturated heterocycles. The van der Waals surface area contributed by atoms with Crippen LogP contribution in [0.1, 0.15) is 38.0 Å². The van der Waals surface area contributed by atoms with E-state index in [4.69, 9.17) is 0 Å². The summed E-state index contributed by atoms with van der Waals surface area (Å²) in [6.07, 6.45) is 5.54. The van der Waals surface area contributed by atoms with Crippen LogP contribution >= 0.6 is 11.3 Å². The minimum Gasteiger partial charge on any atom is -0.355 e. The maximum absolute atomic E-state index is 12.3. The number of nitrogens with zero attached hydrogens (tertiary/aromatic N) is 2. The molecule has 2 rings (SSSR count). The molecule has 0 aliphatic rings. The van der Waals surface area contributed by atoms with E-state index in [9.17, 15) is 9.59 Å². The quantitative estimate of drug-likeness (QED) is 0.799. The molecule has 2 aromatic heterocycles. The molecule has 0 unspecified atom stereocenters. The molecule has 5 nitrogen and oxygen atoms in total. The molecular weight excluding hydrogens is 286 g/mol. The smallest absolute Gasteiger partial charge is 0.262 e. The number of fused-ring (bicyclic) bond motifs is 1. The predicted molar refractivity (Wildman–Crippen MR) is 85.8 cm³/mol. The summed E-state index contributed by atoms with van der Waals surface area (Å²) in [6.45, 7) is 4.86. The summed E-state index contributed by atoms with van der Waals surface area (Å²) < 4.78 is 1.38. The van der Waals surface area contributed by atoms with E-state index < -0.39 is 0 Å². The van der Waals surface area contributed by atoms with Gasteiger partial charge in [0.2, 0.25) is 5.91 Å². The normalized spacial score (nSPS) is 11.0. The Balaban J connectivity index is 2.06. The number of amides is 1. The third-order valence-electron chi connectivity index (χ3n) is 3.33. The van der Waals surface area contributed by atoms with Crippen molar-refractivity contribution < 1.29 is 4.79 Å². The van der Waals surface area contributed by atoms with Crippen LogP contribution in [0.5, 0.6) is 0 Å². The maximum Gasteiger partial charge on any atom is 0.262 e. The first-order chi connectivity index (χ1) is 10.2. The van der Waals surface area contributed by atoms with E-state index in [0.717, 1.165) is 35.4 Å². The highest BCUT2D eigenvalue weighted by Crippen LogP contribution is 2.20. The van der Waals surface area contributed by atoms with Gasteiger partial charge >= 0.3 is 0 Å². The Kier molecular flexibility index (Phi) is 5.50. The molecule has 0 fully saturated rings. The Hall–Kier alpha value is -1.69. The summed E-state index contributed by atoms with van der Waals surface area (Å²) in [7, 11) is 0. The highest BCUT2D eigenvalue weighted by molar-refractivity contribution is 7.18. The van der Waals surface area contributed by atoms with Crippen molar-refractivity contribution >= 4 is 27.5 Å². The van der Waals surface area contributed by atoms with E-state index >= 15 is 0 Å². The lowest BCUT2D eigenvalue weighted by molar-refractivity contribution is -0.121. The van der Waals surface area contributed by atoms with Crippen LogP contribution in [0, 0.1) is 0 Å². The number of carbonyl (C=O) groups is 1. The van der Waals surface area contributed by atoms with E-state index in [2.05, 4.69) is 17.2 Å². The Bertz CT molecular complexity index is 675. The molecule has 0 radical (unpaired) electrons. The van der Waals surface area contributed by atoms with Gasteiger partial charge in [-0.1, -0.05) is 26.7 Å². The number of hydrogen-bond acceptors (Lipinski definition) is 4. The third kappa shape index (κ3) is 3.91. The van der Waals surface area contributed by atoms with E-state index in [0.29, 0.717) is 11.9 Å². The molecule has 2 heterocycles. The Morgan fingerprint density at radius 1 is 1.38 bits per heavy atom. The number of nitrogens with one attached hydrogen (secondary N) is 1. The van der Waals surface area contributed by atoms with Gasteiger partial charge < -0.3 is 5.32 Å². The molecule has 0 aliphatic carbocycles. The van der Waals surface area contributed by atoms with Crippen molar-refractivity contribution in [3.8, 4) is 0 Å². The van der Waals surface area contributed by atoms with Gasteiger partial charge in [-0.15, -0.1) is 11.3 Å². The molecule has 114 valence electrons. The van der Waals surface area contributed by atoms with Crippen LogP contribution < -0.4 is 10.9 Å². The van der Waals surface area contributed by atoms with Gasteiger partial charge in [0.15, 0.2) is 0 Å². The van der Waals surface area contributed by atoms with Gasteiger partial charge in [-0.3, -0.25) is 14.2 Å². The van der Waals surface area contributed by atoms with Crippen molar-refractivity contribution in [2.75, 3.05) is 6.54 Å². The van der Waals surface area contributed by atoms with Gasteiger partial charge in [0, 0.05) is 11.4 Å². The second-order valence-corrected chi connectivity index (χ2v) is 6.13. The van der Waals surface area contributed by atoms with Crippen LogP contribution in [-0.2, 0) is 17.8 Å². The van der Waals surface area contributed by atoms with Gasteiger partial charge in [-0.25, -0.2) is 4.98 Å². The molecule has 0 saturated carbocycles. The Labute approximate surface area is 128 Å². The minimum absolute atomic E-state index is 0.0329. The number of carbonyl (C=O) groups excluding carboxylic acids is 1. The molecule has 0 atom stereocenters. The second kappa shape index (κ2) is 7.36. The van der Waals surface area contributed by atoms with E-state index in [-0.39, 0.29) is 18.0 Å². The van der Waals surface area contributed by atoms with Crippen molar-refractivity contribution in [1.82, 2.24) is 14.9 Å². The molecule has 1 N–H and O–H groups in total. The zero-order valence-electron chi connectivity index (χ0n) is 12.5. The number of unbranched alkanes of at least 4 members (excludes halogenated alkanes) is 2. The minimum atomic E-state index is -0.139. The van der Waals surface area contributed by atoms with Crippen molar-refractivity contribution in [2.45, 2.75) is 46.1 Å². The van der Waals surface area contributed by atoms with Crippen LogP contribution in [0.2, 0.25) is 0 Å². The zero-order chi connectivity index (χ0) is 15.2. The van der Waals surface area contributed by atoms with Gasteiger partial charge in [-0.05, 0) is 18.9 Å². The Morgan fingerprint density at radius 3 is 2.90 bits per heavy atom. The van der Waals surface area contributed by atoms with Crippen molar-refractivity contribution in [2.24, 2.45) is 0 Å². The second-order valence-electron chi connectivity index (χ2n) is 5.02. The van der Waals surface area contributed by atoms with Gasteiger partial charge in [-0.2, -0.15) is 0 Å². The molecular formula is C15H21N3O2S. The summed E-state index contributed by atoms with van der Waals surface area (Å²) in [5.74, 6) is -0.139. The zero-order valence-corrected chi connectivity index (χ0v) is 13.3. The third-order valence-corrected chi connectivity index (χ3v) is 4.52. The summed E-state index contributed by atoms with van der Waals surface area (Å²) >= 11 is 1.53. The first-order valence-corrected chi connectivity index (χ1v) is 8.22. The van der Waals surface area contributed by atoms with Crippen molar-refractivity contribution in [3.05, 3.63) is 27.6 Å². The summed E-state index contributed by atoms with van der Waals surface area (Å²) in [6, 6.07) is 1.88. The average Bonchev–Trinajstić information content (AvgIpc) is 2.91. The monoisotopic (exact) mass is 307 g/mol. The highest BCUT2D eigenvalue weighted by Gasteiger charge is 2.10. The molecule has 0 spiro atoms. The standard InChI is InChI=1S/C15H21N3O2S/c1-3-5-6-7-16-13(19)9-18-10-17-14-12(15(18)20)8-11(4-2)21-14/h8,10H,3-7,9H2,1-2H3,(H,16,19). The Morgan fingerprint density at radius 2 is 2.19 bits per heavy atom. The number of aromatic nitrogens is 2. The molecule has 1 amide bonds. The summed E-state index contributed by atoms with van der Waals surface area (Å²) in [5, 5.41) is 3.44. The van der Waals surface area contributed by atoms with E-state index in [1.165, 1.54) is 22.2 Å². The topological polar surface area (TPSA) is 64.0 Å². The van der Waals surface area contributed by atoms with Gasteiger partial charge in [0.05, 0.1) is 11.7 Å². The average molecular weight is 307 g/mol. The van der Waals surface area contributed by atoms with Crippen LogP contribution in [0.3, 0.4) is 0 Å². The first-order valence-electron chi connectivity index (χ1n) is 7.40. The van der Waals surface area contributed by atoms with Crippen molar-refractivity contribution in [3.63, 3.8) is 0 Å². The maximum atomic E-state index is 12.3. The van der Waals surface area contributed by atoms with Gasteiger partial charge in [0.1, 0.15) is 11.4 Å². The number of thiophene rings is 1. The number of aryl methyl sites for hydroxylation is 1. The number of hydrogen-bond donors (Lipinski definition) is 1. The lowest BCUT2D eigenvalue weighted by atomic mass is 10.2. The summed E-state index contributed by atoms with van der Waals surface area (Å²) in [5.41, 5.74) is -0.139. The van der Waals surface area contributed by atoms with Crippen molar-refractivity contribution in [1.29, 1.82) is 0 Å². The highest BCUT2D eigenvalue weighted by atomic mass is 32.1. The SMILES string of the molecule is CCCCCNC(=O)Cn1cnc2sc(CC)cc2c1=O. The fourth-order valence-corrected chi connectivity index (χ4v) is 3.04. The number of rotatable bonds is 7. The van der Waals surface area contributed by atoms with Crippen LogP contribution in [0.15, 0.2) is 17.2 Å². The lowest BCUT2D eigenvalue weighted by Gasteiger charge is -2.06. The summed E-state index contributed by atoms with van der Waals surface area (Å²) in [4.78, 5) is 30.3. The first kappa shape index (κ1) is 15.7. The van der Waals surface area contributed by atoms with Gasteiger partial charge in [0.25, 0.3) is 5.56 Å².